The van der Waals surface area contributed by atoms with Crippen LogP contribution < -0.4 is 0 Å². The van der Waals surface area contributed by atoms with Crippen molar-refractivity contribution in [2.24, 2.45) is 10.8 Å². The predicted octanol–water partition coefficient (Wildman–Crippen LogP) is 5.51. The van der Waals surface area contributed by atoms with E-state index in [0.29, 0.717) is 10.8 Å². The van der Waals surface area contributed by atoms with Gasteiger partial charge >= 0.3 is 0 Å². The molecule has 1 aliphatic rings. The lowest BCUT2D eigenvalue weighted by atomic mass is 9.59. The molecule has 0 bridgehead atoms. The van der Waals surface area contributed by atoms with E-state index in [0.717, 1.165) is 0 Å². The minimum Gasteiger partial charge on any atom is -0.100 e. The lowest BCUT2D eigenvalue weighted by Gasteiger charge is -2.46. The fourth-order valence-electron chi connectivity index (χ4n) is 3.78. The molecule has 1 saturated carbocycles. The third-order valence-corrected chi connectivity index (χ3v) is 3.77. The molecule has 0 spiro atoms. The van der Waals surface area contributed by atoms with Crippen molar-refractivity contribution in [2.45, 2.75) is 66.2 Å². The fourth-order valence-corrected chi connectivity index (χ4v) is 3.78. The van der Waals surface area contributed by atoms with Crippen LogP contribution in [0.3, 0.4) is 0 Å². The highest BCUT2D eigenvalue weighted by molar-refractivity contribution is 5.06. The zero-order valence-electron chi connectivity index (χ0n) is 11.7. The Morgan fingerprint density at radius 3 is 1.88 bits per heavy atom. The molecular weight excluding hydrogens is 192 g/mol. The molecule has 0 aromatic rings. The highest BCUT2D eigenvalue weighted by atomic mass is 14.4. The molecule has 16 heavy (non-hydrogen) atoms. The van der Waals surface area contributed by atoms with Crippen molar-refractivity contribution >= 4 is 0 Å². The van der Waals surface area contributed by atoms with Crippen LogP contribution >= 0.6 is 0 Å². The van der Waals surface area contributed by atoms with Crippen molar-refractivity contribution in [2.75, 3.05) is 0 Å². The van der Waals surface area contributed by atoms with E-state index in [4.69, 9.17) is 0 Å². The predicted molar refractivity (Wildman–Crippen MR) is 73.5 cm³/mol. The van der Waals surface area contributed by atoms with E-state index < -0.39 is 0 Å². The van der Waals surface area contributed by atoms with E-state index >= 15 is 0 Å². The Balaban J connectivity index is 2.85. The van der Waals surface area contributed by atoms with Gasteiger partial charge in [-0.05, 0) is 56.8 Å². The summed E-state index contributed by atoms with van der Waals surface area (Å²) in [6.45, 7) is 17.4. The number of allylic oxidation sites excluding steroid dienone is 2. The van der Waals surface area contributed by atoms with E-state index in [1.54, 1.807) is 0 Å². The molecule has 1 aliphatic carbocycles. The van der Waals surface area contributed by atoms with Crippen molar-refractivity contribution in [1.82, 2.24) is 0 Å². The van der Waals surface area contributed by atoms with Crippen molar-refractivity contribution in [3.63, 3.8) is 0 Å². The summed E-state index contributed by atoms with van der Waals surface area (Å²) in [6.07, 6.45) is 7.80. The van der Waals surface area contributed by atoms with E-state index in [1.807, 2.05) is 0 Å². The summed E-state index contributed by atoms with van der Waals surface area (Å²) in [5.74, 6) is 0. The third-order valence-electron chi connectivity index (χ3n) is 3.77. The standard InChI is InChI=1S/C16H28/c1-13(2)10-16(11-14(3)4)9-7-8-15(5,6)12-16/h1,3,7-12H2,2,4-6H3. The van der Waals surface area contributed by atoms with Gasteiger partial charge in [-0.25, -0.2) is 0 Å². The van der Waals surface area contributed by atoms with Gasteiger partial charge in [-0.15, -0.1) is 13.2 Å². The van der Waals surface area contributed by atoms with Gasteiger partial charge in [0.25, 0.3) is 0 Å². The number of hydrogen-bond acceptors (Lipinski definition) is 0. The topological polar surface area (TPSA) is 0 Å². The monoisotopic (exact) mass is 220 g/mol. The molecule has 0 aromatic carbocycles. The minimum atomic E-state index is 0.458. The summed E-state index contributed by atoms with van der Waals surface area (Å²) in [4.78, 5) is 0. The maximum atomic E-state index is 4.12. The Bertz CT molecular complexity index is 264. The van der Waals surface area contributed by atoms with Crippen LogP contribution in [0.1, 0.15) is 66.2 Å². The van der Waals surface area contributed by atoms with Crippen LogP contribution in [-0.4, -0.2) is 0 Å². The van der Waals surface area contributed by atoms with Crippen LogP contribution in [0.5, 0.6) is 0 Å². The normalized spacial score (nSPS) is 22.8. The van der Waals surface area contributed by atoms with Crippen molar-refractivity contribution in [3.8, 4) is 0 Å². The van der Waals surface area contributed by atoms with Crippen LogP contribution in [0.15, 0.2) is 24.3 Å². The Morgan fingerprint density at radius 2 is 1.50 bits per heavy atom. The van der Waals surface area contributed by atoms with Gasteiger partial charge in [0.15, 0.2) is 0 Å². The Hall–Kier alpha value is -0.520. The lowest BCUT2D eigenvalue weighted by Crippen LogP contribution is -2.33. The molecule has 1 rings (SSSR count). The minimum absolute atomic E-state index is 0.458. The smallest absolute Gasteiger partial charge is 0.0218 e. The second-order valence-corrected chi connectivity index (χ2v) is 6.96. The average molecular weight is 220 g/mol. The molecule has 0 heteroatoms. The molecule has 0 saturated heterocycles. The molecule has 0 aliphatic heterocycles. The van der Waals surface area contributed by atoms with Crippen LogP contribution in [0.25, 0.3) is 0 Å². The Kier molecular flexibility index (Phi) is 4.04. The largest absolute Gasteiger partial charge is 0.100 e. The van der Waals surface area contributed by atoms with Crippen molar-refractivity contribution in [3.05, 3.63) is 24.3 Å². The van der Waals surface area contributed by atoms with Crippen molar-refractivity contribution in [1.29, 1.82) is 0 Å². The van der Waals surface area contributed by atoms with E-state index in [9.17, 15) is 0 Å². The quantitative estimate of drug-likeness (QED) is 0.548. The molecule has 0 heterocycles. The second-order valence-electron chi connectivity index (χ2n) is 6.96. The SMILES string of the molecule is C=C(C)CC1(CC(=C)C)CCCC(C)(C)C1. The highest BCUT2D eigenvalue weighted by Crippen LogP contribution is 2.52. The summed E-state index contributed by atoms with van der Waals surface area (Å²) in [5.41, 5.74) is 3.63. The number of rotatable bonds is 4. The molecular formula is C16H28. The van der Waals surface area contributed by atoms with Gasteiger partial charge < -0.3 is 0 Å². The van der Waals surface area contributed by atoms with Crippen LogP contribution in [0.4, 0.5) is 0 Å². The first-order valence-electron chi connectivity index (χ1n) is 6.54. The molecule has 0 N–H and O–H groups in total. The summed E-state index contributed by atoms with van der Waals surface area (Å²) >= 11 is 0. The van der Waals surface area contributed by atoms with Gasteiger partial charge in [-0.1, -0.05) is 31.4 Å². The molecule has 0 amide bonds. The van der Waals surface area contributed by atoms with Gasteiger partial charge in [-0.2, -0.15) is 0 Å². The zero-order chi connectivity index (χ0) is 12.4. The molecule has 0 atom stereocenters. The maximum Gasteiger partial charge on any atom is -0.0218 e. The third kappa shape index (κ3) is 3.81. The molecule has 0 radical (unpaired) electrons. The highest BCUT2D eigenvalue weighted by Gasteiger charge is 2.39. The Labute approximate surface area is 102 Å². The Morgan fingerprint density at radius 1 is 1.00 bits per heavy atom. The first kappa shape index (κ1) is 13.5. The van der Waals surface area contributed by atoms with E-state index in [1.165, 1.54) is 49.7 Å². The van der Waals surface area contributed by atoms with Gasteiger partial charge in [0.05, 0.1) is 0 Å². The first-order chi connectivity index (χ1) is 7.25. The van der Waals surface area contributed by atoms with Gasteiger partial charge in [0.1, 0.15) is 0 Å². The zero-order valence-corrected chi connectivity index (χ0v) is 11.7. The maximum absolute atomic E-state index is 4.12. The molecule has 0 aromatic heterocycles. The average Bonchev–Trinajstić information content (AvgIpc) is 1.96. The summed E-state index contributed by atoms with van der Waals surface area (Å²) in [5, 5.41) is 0. The van der Waals surface area contributed by atoms with E-state index in [-0.39, 0.29) is 0 Å². The molecule has 92 valence electrons. The molecule has 0 unspecified atom stereocenters. The fraction of sp³-hybridized carbons (Fsp3) is 0.750. The first-order valence-corrected chi connectivity index (χ1v) is 6.54. The van der Waals surface area contributed by atoms with Gasteiger partial charge in [0, 0.05) is 0 Å². The lowest BCUT2D eigenvalue weighted by molar-refractivity contribution is 0.0828. The van der Waals surface area contributed by atoms with Crippen LogP contribution in [0, 0.1) is 10.8 Å². The van der Waals surface area contributed by atoms with E-state index in [2.05, 4.69) is 40.9 Å². The summed E-state index contributed by atoms with van der Waals surface area (Å²) in [6, 6.07) is 0. The number of hydrogen-bond donors (Lipinski definition) is 0. The second kappa shape index (κ2) is 4.77. The van der Waals surface area contributed by atoms with Crippen LogP contribution in [-0.2, 0) is 0 Å². The summed E-state index contributed by atoms with van der Waals surface area (Å²) < 4.78 is 0. The molecule has 0 nitrogen and oxygen atoms in total. The van der Waals surface area contributed by atoms with Gasteiger partial charge in [-0.3, -0.25) is 0 Å². The summed E-state index contributed by atoms with van der Waals surface area (Å²) in [7, 11) is 0. The molecule has 1 fully saturated rings. The van der Waals surface area contributed by atoms with Crippen molar-refractivity contribution < 1.29 is 0 Å². The van der Waals surface area contributed by atoms with Crippen LogP contribution in [0.2, 0.25) is 0 Å². The van der Waals surface area contributed by atoms with Gasteiger partial charge in [0.2, 0.25) is 0 Å².